The Hall–Kier alpha value is -2.44. The van der Waals surface area contributed by atoms with E-state index >= 15 is 0 Å². The second-order valence-corrected chi connectivity index (χ2v) is 3.26. The van der Waals surface area contributed by atoms with E-state index < -0.39 is 0 Å². The summed E-state index contributed by atoms with van der Waals surface area (Å²) in [4.78, 5) is 15.8. The highest BCUT2D eigenvalue weighted by atomic mass is 16.4. The molecule has 0 aliphatic heterocycles. The molecule has 1 amide bonds. The molecule has 0 saturated carbocycles. The molecule has 2 heterocycles. The van der Waals surface area contributed by atoms with Gasteiger partial charge in [-0.05, 0) is 12.1 Å². The molecule has 2 aromatic rings. The van der Waals surface area contributed by atoms with Crippen molar-refractivity contribution < 1.29 is 9.21 Å². The number of aromatic nitrogens is 3. The lowest BCUT2D eigenvalue weighted by molar-refractivity contribution is 0.102. The van der Waals surface area contributed by atoms with Crippen LogP contribution < -0.4 is 10.6 Å². The number of nitrogens with zero attached hydrogens (tertiary/aromatic N) is 3. The first-order valence-electron chi connectivity index (χ1n) is 4.94. The summed E-state index contributed by atoms with van der Waals surface area (Å²) < 4.78 is 5.05. The van der Waals surface area contributed by atoms with Crippen LogP contribution in [0.3, 0.4) is 0 Å². The average Bonchev–Trinajstić information content (AvgIpc) is 2.75. The molecule has 0 radical (unpaired) electrons. The van der Waals surface area contributed by atoms with Crippen molar-refractivity contribution in [1.29, 1.82) is 0 Å². The number of pyridine rings is 1. The molecule has 7 heteroatoms. The maximum absolute atomic E-state index is 11.8. The molecule has 88 valence electrons. The van der Waals surface area contributed by atoms with Crippen molar-refractivity contribution >= 4 is 17.7 Å². The SMILES string of the molecule is CNc1cc(C(=O)Nc2nnc(C)o2)ccn1. The van der Waals surface area contributed by atoms with Crippen molar-refractivity contribution in [2.75, 3.05) is 17.7 Å². The van der Waals surface area contributed by atoms with E-state index in [2.05, 4.69) is 25.8 Å². The lowest BCUT2D eigenvalue weighted by atomic mass is 10.2. The Morgan fingerprint density at radius 1 is 1.41 bits per heavy atom. The Morgan fingerprint density at radius 3 is 2.88 bits per heavy atom. The Labute approximate surface area is 97.3 Å². The molecule has 0 bridgehead atoms. The summed E-state index contributed by atoms with van der Waals surface area (Å²) in [6.45, 7) is 1.65. The predicted molar refractivity (Wildman–Crippen MR) is 60.8 cm³/mol. The van der Waals surface area contributed by atoms with Gasteiger partial charge in [0, 0.05) is 25.7 Å². The van der Waals surface area contributed by atoms with Gasteiger partial charge in [0.05, 0.1) is 0 Å². The van der Waals surface area contributed by atoms with Crippen LogP contribution in [0.25, 0.3) is 0 Å². The van der Waals surface area contributed by atoms with Crippen LogP contribution in [0.5, 0.6) is 0 Å². The lowest BCUT2D eigenvalue weighted by Gasteiger charge is -2.02. The molecule has 2 rings (SSSR count). The fourth-order valence-electron chi connectivity index (χ4n) is 1.22. The molecule has 0 atom stereocenters. The highest BCUT2D eigenvalue weighted by molar-refractivity contribution is 6.03. The van der Waals surface area contributed by atoms with E-state index in [-0.39, 0.29) is 11.9 Å². The number of hydrogen-bond acceptors (Lipinski definition) is 6. The van der Waals surface area contributed by atoms with Crippen molar-refractivity contribution in [3.63, 3.8) is 0 Å². The van der Waals surface area contributed by atoms with E-state index in [1.54, 1.807) is 32.3 Å². The average molecular weight is 233 g/mol. The summed E-state index contributed by atoms with van der Waals surface area (Å²) in [5, 5.41) is 12.6. The lowest BCUT2D eigenvalue weighted by Crippen LogP contribution is -2.12. The second-order valence-electron chi connectivity index (χ2n) is 3.26. The summed E-state index contributed by atoms with van der Waals surface area (Å²) in [5.41, 5.74) is 0.459. The van der Waals surface area contributed by atoms with Gasteiger partial charge in [-0.1, -0.05) is 5.10 Å². The van der Waals surface area contributed by atoms with Crippen LogP contribution in [0.2, 0.25) is 0 Å². The number of aryl methyl sites for hydroxylation is 1. The zero-order chi connectivity index (χ0) is 12.3. The molecule has 2 N–H and O–H groups in total. The fourth-order valence-corrected chi connectivity index (χ4v) is 1.22. The van der Waals surface area contributed by atoms with Crippen molar-refractivity contribution in [2.24, 2.45) is 0 Å². The van der Waals surface area contributed by atoms with Crippen LogP contribution in [0.15, 0.2) is 22.7 Å². The van der Waals surface area contributed by atoms with Gasteiger partial charge >= 0.3 is 6.01 Å². The first kappa shape index (κ1) is 11.1. The van der Waals surface area contributed by atoms with Gasteiger partial charge in [0.1, 0.15) is 5.82 Å². The molecule has 17 heavy (non-hydrogen) atoms. The molecule has 0 aliphatic carbocycles. The predicted octanol–water partition coefficient (Wildman–Crippen LogP) is 1.07. The number of rotatable bonds is 3. The molecule has 0 unspecified atom stereocenters. The minimum atomic E-state index is -0.326. The smallest absolute Gasteiger partial charge is 0.322 e. The third kappa shape index (κ3) is 2.57. The number of nitrogens with one attached hydrogen (secondary N) is 2. The summed E-state index contributed by atoms with van der Waals surface area (Å²) in [7, 11) is 1.73. The van der Waals surface area contributed by atoms with E-state index in [9.17, 15) is 4.79 Å². The molecule has 2 aromatic heterocycles. The quantitative estimate of drug-likeness (QED) is 0.823. The number of anilines is 2. The number of amides is 1. The van der Waals surface area contributed by atoms with Gasteiger partial charge in [-0.2, -0.15) is 0 Å². The molecule has 7 nitrogen and oxygen atoms in total. The fraction of sp³-hybridized carbons (Fsp3) is 0.200. The van der Waals surface area contributed by atoms with Crippen molar-refractivity contribution in [3.05, 3.63) is 29.8 Å². The maximum atomic E-state index is 11.8. The van der Waals surface area contributed by atoms with Crippen LogP contribution in [-0.4, -0.2) is 28.1 Å². The summed E-state index contributed by atoms with van der Waals surface area (Å²) in [5.74, 6) is 0.679. The zero-order valence-electron chi connectivity index (χ0n) is 9.39. The van der Waals surface area contributed by atoms with Crippen LogP contribution >= 0.6 is 0 Å². The minimum absolute atomic E-state index is 0.0790. The standard InChI is InChI=1S/C10H11N5O2/c1-6-14-15-10(17-6)13-9(16)7-3-4-12-8(5-7)11-2/h3-5H,1-2H3,(H,11,12)(H,13,15,16). The van der Waals surface area contributed by atoms with Gasteiger partial charge in [0.2, 0.25) is 5.89 Å². The maximum Gasteiger partial charge on any atom is 0.322 e. The number of carbonyl (C=O) groups is 1. The summed E-state index contributed by atoms with van der Waals surface area (Å²) >= 11 is 0. The van der Waals surface area contributed by atoms with E-state index in [1.807, 2.05) is 0 Å². The van der Waals surface area contributed by atoms with E-state index in [1.165, 1.54) is 0 Å². The van der Waals surface area contributed by atoms with E-state index in [0.717, 1.165) is 0 Å². The van der Waals surface area contributed by atoms with Gasteiger partial charge in [-0.3, -0.25) is 10.1 Å². The summed E-state index contributed by atoms with van der Waals surface area (Å²) in [6.07, 6.45) is 1.54. The Bertz CT molecular complexity index is 537. The number of hydrogen-bond donors (Lipinski definition) is 2. The second kappa shape index (κ2) is 4.60. The third-order valence-electron chi connectivity index (χ3n) is 2.02. The zero-order valence-corrected chi connectivity index (χ0v) is 9.39. The topological polar surface area (TPSA) is 92.9 Å². The van der Waals surface area contributed by atoms with Crippen molar-refractivity contribution in [1.82, 2.24) is 15.2 Å². The molecule has 0 aromatic carbocycles. The van der Waals surface area contributed by atoms with Crippen LogP contribution in [0, 0.1) is 6.92 Å². The molecule has 0 fully saturated rings. The first-order chi connectivity index (χ1) is 8.19. The van der Waals surface area contributed by atoms with E-state index in [0.29, 0.717) is 17.3 Å². The van der Waals surface area contributed by atoms with Crippen LogP contribution in [-0.2, 0) is 0 Å². The minimum Gasteiger partial charge on any atom is -0.408 e. The van der Waals surface area contributed by atoms with Gasteiger partial charge < -0.3 is 9.73 Å². The molecule has 0 aliphatic rings. The Balaban J connectivity index is 2.14. The molecular weight excluding hydrogens is 222 g/mol. The third-order valence-corrected chi connectivity index (χ3v) is 2.02. The molecule has 0 spiro atoms. The largest absolute Gasteiger partial charge is 0.408 e. The Kier molecular flexibility index (Phi) is 2.99. The highest BCUT2D eigenvalue weighted by Crippen LogP contribution is 2.09. The molecule has 0 saturated heterocycles. The van der Waals surface area contributed by atoms with Crippen molar-refractivity contribution in [3.8, 4) is 0 Å². The van der Waals surface area contributed by atoms with Crippen molar-refractivity contribution in [2.45, 2.75) is 6.92 Å². The van der Waals surface area contributed by atoms with Crippen LogP contribution in [0.4, 0.5) is 11.8 Å². The van der Waals surface area contributed by atoms with Crippen LogP contribution in [0.1, 0.15) is 16.2 Å². The van der Waals surface area contributed by atoms with Gasteiger partial charge in [-0.15, -0.1) is 5.10 Å². The Morgan fingerprint density at radius 2 is 2.24 bits per heavy atom. The van der Waals surface area contributed by atoms with Gasteiger partial charge in [0.15, 0.2) is 0 Å². The first-order valence-corrected chi connectivity index (χ1v) is 4.94. The normalized spacial score (nSPS) is 10.0. The number of carbonyl (C=O) groups excluding carboxylic acids is 1. The van der Waals surface area contributed by atoms with Gasteiger partial charge in [-0.25, -0.2) is 4.98 Å². The monoisotopic (exact) mass is 233 g/mol. The highest BCUT2D eigenvalue weighted by Gasteiger charge is 2.10. The molecular formula is C10H11N5O2. The van der Waals surface area contributed by atoms with Gasteiger partial charge in [0.25, 0.3) is 5.91 Å². The van der Waals surface area contributed by atoms with E-state index in [4.69, 9.17) is 4.42 Å². The summed E-state index contributed by atoms with van der Waals surface area (Å²) in [6, 6.07) is 3.30.